The topological polar surface area (TPSA) is 9.23 Å². The summed E-state index contributed by atoms with van der Waals surface area (Å²) in [6.45, 7) is 9.81. The van der Waals surface area contributed by atoms with Crippen molar-refractivity contribution in [3.63, 3.8) is 0 Å². The molecular formula is C18H34F2O. The highest BCUT2D eigenvalue weighted by atomic mass is 19.3. The SMILES string of the molecule is CC(C)OCC1(CCCCC(F)(F)C(C)(C)C)CCCC1. The van der Waals surface area contributed by atoms with Gasteiger partial charge in [0.1, 0.15) is 0 Å². The van der Waals surface area contributed by atoms with E-state index >= 15 is 0 Å². The molecule has 0 aromatic heterocycles. The highest BCUT2D eigenvalue weighted by Gasteiger charge is 2.42. The van der Waals surface area contributed by atoms with E-state index in [1.165, 1.54) is 25.7 Å². The van der Waals surface area contributed by atoms with Gasteiger partial charge in [-0.1, -0.05) is 40.0 Å². The lowest BCUT2D eigenvalue weighted by Crippen LogP contribution is -2.33. The van der Waals surface area contributed by atoms with Gasteiger partial charge in [-0.25, -0.2) is 8.78 Å². The van der Waals surface area contributed by atoms with Gasteiger partial charge in [-0.05, 0) is 44.9 Å². The molecule has 0 heterocycles. The standard InChI is InChI=1S/C18H34F2O/c1-15(2)21-14-17(10-6-7-11-17)12-8-9-13-18(19,20)16(3,4)5/h15H,6-14H2,1-5H3. The van der Waals surface area contributed by atoms with Crippen molar-refractivity contribution in [2.45, 2.75) is 98.0 Å². The highest BCUT2D eigenvalue weighted by molar-refractivity contribution is 4.86. The first kappa shape index (κ1) is 18.9. The fraction of sp³-hybridized carbons (Fsp3) is 1.00. The van der Waals surface area contributed by atoms with Gasteiger partial charge in [0.25, 0.3) is 5.92 Å². The van der Waals surface area contributed by atoms with E-state index in [0.29, 0.717) is 6.42 Å². The summed E-state index contributed by atoms with van der Waals surface area (Å²) >= 11 is 0. The van der Waals surface area contributed by atoms with E-state index in [9.17, 15) is 8.78 Å². The highest BCUT2D eigenvalue weighted by Crippen LogP contribution is 2.44. The van der Waals surface area contributed by atoms with Gasteiger partial charge in [0.2, 0.25) is 0 Å². The van der Waals surface area contributed by atoms with Crippen LogP contribution in [0, 0.1) is 10.8 Å². The minimum atomic E-state index is -2.57. The van der Waals surface area contributed by atoms with Crippen LogP contribution in [-0.2, 0) is 4.74 Å². The zero-order valence-electron chi connectivity index (χ0n) is 14.6. The van der Waals surface area contributed by atoms with Gasteiger partial charge in [-0.3, -0.25) is 0 Å². The van der Waals surface area contributed by atoms with Crippen LogP contribution in [0.4, 0.5) is 8.78 Å². The summed E-state index contributed by atoms with van der Waals surface area (Å²) in [5, 5.41) is 0. The first-order valence-electron chi connectivity index (χ1n) is 8.57. The van der Waals surface area contributed by atoms with Gasteiger partial charge in [0.15, 0.2) is 0 Å². The van der Waals surface area contributed by atoms with Gasteiger partial charge in [0, 0.05) is 11.8 Å². The maximum Gasteiger partial charge on any atom is 0.252 e. The van der Waals surface area contributed by atoms with Crippen LogP contribution in [0.5, 0.6) is 0 Å². The van der Waals surface area contributed by atoms with E-state index in [2.05, 4.69) is 13.8 Å². The Morgan fingerprint density at radius 3 is 2.10 bits per heavy atom. The zero-order valence-corrected chi connectivity index (χ0v) is 14.6. The summed E-state index contributed by atoms with van der Waals surface area (Å²) in [5.74, 6) is -2.57. The summed E-state index contributed by atoms with van der Waals surface area (Å²) in [5.41, 5.74) is -0.667. The predicted molar refractivity (Wildman–Crippen MR) is 84.9 cm³/mol. The average molecular weight is 304 g/mol. The summed E-state index contributed by atoms with van der Waals surface area (Å²) in [4.78, 5) is 0. The van der Waals surface area contributed by atoms with Crippen LogP contribution in [-0.4, -0.2) is 18.6 Å². The van der Waals surface area contributed by atoms with Gasteiger partial charge in [-0.2, -0.15) is 0 Å². The molecule has 0 aromatic rings. The van der Waals surface area contributed by atoms with Crippen LogP contribution in [0.3, 0.4) is 0 Å². The summed E-state index contributed by atoms with van der Waals surface area (Å²) in [6.07, 6.45) is 7.76. The molecule has 1 saturated carbocycles. The fourth-order valence-electron chi connectivity index (χ4n) is 3.16. The van der Waals surface area contributed by atoms with Crippen LogP contribution < -0.4 is 0 Å². The van der Waals surface area contributed by atoms with Gasteiger partial charge >= 0.3 is 0 Å². The molecule has 1 aliphatic carbocycles. The monoisotopic (exact) mass is 304 g/mol. The molecule has 0 unspecified atom stereocenters. The molecule has 0 spiro atoms. The molecule has 0 amide bonds. The molecule has 1 nitrogen and oxygen atoms in total. The minimum absolute atomic E-state index is 0.0115. The molecule has 0 aromatic carbocycles. The van der Waals surface area contributed by atoms with E-state index in [0.717, 1.165) is 19.4 Å². The Kier molecular flexibility index (Phi) is 6.64. The molecule has 0 bridgehead atoms. The minimum Gasteiger partial charge on any atom is -0.378 e. The van der Waals surface area contributed by atoms with Crippen molar-refractivity contribution in [3.8, 4) is 0 Å². The van der Waals surface area contributed by atoms with Gasteiger partial charge in [-0.15, -0.1) is 0 Å². The van der Waals surface area contributed by atoms with Crippen LogP contribution in [0.1, 0.15) is 86.0 Å². The molecule has 0 saturated heterocycles. The Morgan fingerprint density at radius 1 is 1.05 bits per heavy atom. The normalized spacial score (nSPS) is 19.4. The molecular weight excluding hydrogens is 270 g/mol. The van der Waals surface area contributed by atoms with E-state index in [1.54, 1.807) is 20.8 Å². The van der Waals surface area contributed by atoms with Gasteiger partial charge in [0.05, 0.1) is 12.7 Å². The Hall–Kier alpha value is -0.180. The summed E-state index contributed by atoms with van der Waals surface area (Å²) in [6, 6.07) is 0. The fourth-order valence-corrected chi connectivity index (χ4v) is 3.16. The molecule has 1 fully saturated rings. The maximum absolute atomic E-state index is 14.0. The lowest BCUT2D eigenvalue weighted by atomic mass is 9.80. The molecule has 0 N–H and O–H groups in total. The van der Waals surface area contributed by atoms with E-state index in [4.69, 9.17) is 4.74 Å². The van der Waals surface area contributed by atoms with Crippen molar-refractivity contribution in [1.82, 2.24) is 0 Å². The number of hydrogen-bond acceptors (Lipinski definition) is 1. The smallest absolute Gasteiger partial charge is 0.252 e. The quantitative estimate of drug-likeness (QED) is 0.484. The van der Waals surface area contributed by atoms with Crippen molar-refractivity contribution < 1.29 is 13.5 Å². The third-order valence-corrected chi connectivity index (χ3v) is 4.93. The molecule has 0 atom stereocenters. The van der Waals surface area contributed by atoms with E-state index < -0.39 is 11.3 Å². The Balaban J connectivity index is 2.38. The van der Waals surface area contributed by atoms with Crippen molar-refractivity contribution in [3.05, 3.63) is 0 Å². The van der Waals surface area contributed by atoms with Crippen molar-refractivity contribution >= 4 is 0 Å². The van der Waals surface area contributed by atoms with Crippen LogP contribution >= 0.6 is 0 Å². The molecule has 3 heteroatoms. The Morgan fingerprint density at radius 2 is 1.62 bits per heavy atom. The number of unbranched alkanes of at least 4 members (excludes halogenated alkanes) is 1. The average Bonchev–Trinajstić information content (AvgIpc) is 2.80. The number of hydrogen-bond donors (Lipinski definition) is 0. The summed E-state index contributed by atoms with van der Waals surface area (Å²) < 4.78 is 33.7. The van der Waals surface area contributed by atoms with Crippen LogP contribution in [0.15, 0.2) is 0 Å². The lowest BCUT2D eigenvalue weighted by Gasteiger charge is -2.32. The number of ether oxygens (including phenoxy) is 1. The zero-order chi connectivity index (χ0) is 16.1. The number of rotatable bonds is 8. The number of halogens is 2. The third kappa shape index (κ3) is 5.84. The number of alkyl halides is 2. The van der Waals surface area contributed by atoms with Crippen molar-refractivity contribution in [1.29, 1.82) is 0 Å². The Bertz CT molecular complexity index is 299. The van der Waals surface area contributed by atoms with E-state index in [-0.39, 0.29) is 17.9 Å². The lowest BCUT2D eigenvalue weighted by molar-refractivity contribution is -0.104. The second-order valence-corrected chi connectivity index (χ2v) is 8.23. The van der Waals surface area contributed by atoms with Crippen LogP contribution in [0.25, 0.3) is 0 Å². The molecule has 1 aliphatic rings. The first-order chi connectivity index (χ1) is 9.58. The largest absolute Gasteiger partial charge is 0.378 e. The third-order valence-electron chi connectivity index (χ3n) is 4.93. The van der Waals surface area contributed by atoms with Crippen molar-refractivity contribution in [2.24, 2.45) is 10.8 Å². The van der Waals surface area contributed by atoms with E-state index in [1.807, 2.05) is 0 Å². The van der Waals surface area contributed by atoms with Gasteiger partial charge < -0.3 is 4.74 Å². The maximum atomic E-state index is 14.0. The second kappa shape index (κ2) is 7.39. The van der Waals surface area contributed by atoms with Crippen LogP contribution in [0.2, 0.25) is 0 Å². The molecule has 0 radical (unpaired) electrons. The molecule has 0 aliphatic heterocycles. The first-order valence-corrected chi connectivity index (χ1v) is 8.57. The Labute approximate surface area is 129 Å². The van der Waals surface area contributed by atoms with Crippen molar-refractivity contribution in [2.75, 3.05) is 6.61 Å². The molecule has 126 valence electrons. The molecule has 1 rings (SSSR count). The second-order valence-electron chi connectivity index (χ2n) is 8.23. The predicted octanol–water partition coefficient (Wildman–Crippen LogP) is 6.21. The summed E-state index contributed by atoms with van der Waals surface area (Å²) in [7, 11) is 0. The molecule has 21 heavy (non-hydrogen) atoms.